The highest BCUT2D eigenvalue weighted by molar-refractivity contribution is 5.45. The summed E-state index contributed by atoms with van der Waals surface area (Å²) >= 11 is 0. The van der Waals surface area contributed by atoms with Gasteiger partial charge in [0.2, 0.25) is 0 Å². The first-order chi connectivity index (χ1) is 9.78. The molecule has 3 rings (SSSR count). The van der Waals surface area contributed by atoms with Gasteiger partial charge in [0.05, 0.1) is 29.7 Å². The first-order valence-electron chi connectivity index (χ1n) is 7.58. The Morgan fingerprint density at radius 1 is 1.35 bits per heavy atom. The second-order valence-corrected chi connectivity index (χ2v) is 5.54. The van der Waals surface area contributed by atoms with Crippen molar-refractivity contribution in [1.29, 1.82) is 0 Å². The third-order valence-electron chi connectivity index (χ3n) is 4.15. The molecule has 0 bridgehead atoms. The highest BCUT2D eigenvalue weighted by atomic mass is 15.3. The number of aromatic nitrogens is 4. The van der Waals surface area contributed by atoms with Crippen LogP contribution in [0, 0.1) is 6.92 Å². The van der Waals surface area contributed by atoms with E-state index < -0.39 is 0 Å². The summed E-state index contributed by atoms with van der Waals surface area (Å²) in [6, 6.07) is 2.71. The van der Waals surface area contributed by atoms with E-state index >= 15 is 0 Å². The molecule has 20 heavy (non-hydrogen) atoms. The van der Waals surface area contributed by atoms with Crippen molar-refractivity contribution in [3.63, 3.8) is 0 Å². The zero-order valence-electron chi connectivity index (χ0n) is 12.3. The third-order valence-corrected chi connectivity index (χ3v) is 4.15. The van der Waals surface area contributed by atoms with Crippen molar-refractivity contribution in [2.24, 2.45) is 0 Å². The molecule has 1 aliphatic carbocycles. The summed E-state index contributed by atoms with van der Waals surface area (Å²) < 4.78 is 4.17. The van der Waals surface area contributed by atoms with Gasteiger partial charge in [0.1, 0.15) is 0 Å². The summed E-state index contributed by atoms with van der Waals surface area (Å²) in [5, 5.41) is 12.5. The first kappa shape index (κ1) is 13.2. The van der Waals surface area contributed by atoms with Crippen LogP contribution < -0.4 is 5.32 Å². The maximum Gasteiger partial charge on any atom is 0.0825 e. The molecule has 0 unspecified atom stereocenters. The lowest BCUT2D eigenvalue weighted by Gasteiger charge is -2.14. The van der Waals surface area contributed by atoms with Gasteiger partial charge in [-0.2, -0.15) is 10.2 Å². The molecule has 5 nitrogen and oxygen atoms in total. The highest BCUT2D eigenvalue weighted by Gasteiger charge is 2.19. The minimum atomic E-state index is 0.598. The topological polar surface area (TPSA) is 47.7 Å². The Balaban J connectivity index is 1.69. The summed E-state index contributed by atoms with van der Waals surface area (Å²) in [5.41, 5.74) is 3.44. The average molecular weight is 273 g/mol. The molecule has 1 aliphatic rings. The number of hydrogen-bond donors (Lipinski definition) is 1. The van der Waals surface area contributed by atoms with Crippen molar-refractivity contribution >= 4 is 5.69 Å². The molecule has 2 aromatic rings. The van der Waals surface area contributed by atoms with Crippen molar-refractivity contribution in [1.82, 2.24) is 19.6 Å². The van der Waals surface area contributed by atoms with Crippen LogP contribution in [-0.4, -0.2) is 19.6 Å². The van der Waals surface area contributed by atoms with Crippen LogP contribution >= 0.6 is 0 Å². The van der Waals surface area contributed by atoms with E-state index in [1.807, 2.05) is 17.8 Å². The van der Waals surface area contributed by atoms with Gasteiger partial charge in [-0.1, -0.05) is 12.8 Å². The van der Waals surface area contributed by atoms with E-state index in [4.69, 9.17) is 0 Å². The number of anilines is 1. The molecule has 2 aromatic heterocycles. The predicted molar refractivity (Wildman–Crippen MR) is 79.7 cm³/mol. The second kappa shape index (κ2) is 5.69. The lowest BCUT2D eigenvalue weighted by molar-refractivity contribution is 0.452. The van der Waals surface area contributed by atoms with E-state index in [-0.39, 0.29) is 0 Å². The van der Waals surface area contributed by atoms with Crippen LogP contribution in [0.4, 0.5) is 5.69 Å². The molecule has 0 radical (unpaired) electrons. The molecule has 108 valence electrons. The Labute approximate surface area is 120 Å². The molecular formula is C15H23N5. The van der Waals surface area contributed by atoms with Crippen LogP contribution in [0.2, 0.25) is 0 Å². The Kier molecular flexibility index (Phi) is 3.76. The lowest BCUT2D eigenvalue weighted by atomic mass is 10.2. The normalized spacial score (nSPS) is 15.9. The van der Waals surface area contributed by atoms with Crippen LogP contribution in [0.1, 0.15) is 50.0 Å². The molecule has 0 aliphatic heterocycles. The zero-order chi connectivity index (χ0) is 13.9. The minimum absolute atomic E-state index is 0.598. The Bertz CT molecular complexity index is 563. The van der Waals surface area contributed by atoms with Crippen molar-refractivity contribution in [2.75, 3.05) is 5.32 Å². The number of rotatable bonds is 5. The molecule has 2 heterocycles. The predicted octanol–water partition coefficient (Wildman–Crippen LogP) is 3.14. The van der Waals surface area contributed by atoms with E-state index in [1.54, 1.807) is 0 Å². The Morgan fingerprint density at radius 3 is 2.85 bits per heavy atom. The highest BCUT2D eigenvalue weighted by Crippen LogP contribution is 2.30. The standard InChI is InChI=1S/C15H23N5/c1-3-19-11-15(12(2)18-19)16-10-14-8-9-17-20(14)13-6-4-5-7-13/h8-9,11,13,16H,3-7,10H2,1-2H3. The van der Waals surface area contributed by atoms with Gasteiger partial charge in [0.15, 0.2) is 0 Å². The maximum atomic E-state index is 4.51. The molecule has 0 amide bonds. The van der Waals surface area contributed by atoms with E-state index in [1.165, 1.54) is 31.4 Å². The number of nitrogens with zero attached hydrogens (tertiary/aromatic N) is 4. The van der Waals surface area contributed by atoms with Crippen molar-refractivity contribution < 1.29 is 0 Å². The maximum absolute atomic E-state index is 4.51. The van der Waals surface area contributed by atoms with Gasteiger partial charge < -0.3 is 5.32 Å². The van der Waals surface area contributed by atoms with E-state index in [0.717, 1.165) is 24.5 Å². The number of hydrogen-bond acceptors (Lipinski definition) is 3. The minimum Gasteiger partial charge on any atom is -0.377 e. The smallest absolute Gasteiger partial charge is 0.0825 e. The molecular weight excluding hydrogens is 250 g/mol. The van der Waals surface area contributed by atoms with Crippen LogP contribution in [0.25, 0.3) is 0 Å². The van der Waals surface area contributed by atoms with Crippen LogP contribution in [-0.2, 0) is 13.1 Å². The average Bonchev–Trinajstić information content (AvgIpc) is 3.16. The molecule has 1 fully saturated rings. The van der Waals surface area contributed by atoms with Gasteiger partial charge in [0.25, 0.3) is 0 Å². The SMILES string of the molecule is CCn1cc(NCc2ccnn2C2CCCC2)c(C)n1. The fourth-order valence-corrected chi connectivity index (χ4v) is 3.00. The quantitative estimate of drug-likeness (QED) is 0.910. The lowest BCUT2D eigenvalue weighted by Crippen LogP contribution is -2.13. The van der Waals surface area contributed by atoms with Gasteiger partial charge in [-0.05, 0) is 32.8 Å². The van der Waals surface area contributed by atoms with E-state index in [0.29, 0.717) is 6.04 Å². The number of nitrogens with one attached hydrogen (secondary N) is 1. The van der Waals surface area contributed by atoms with Crippen molar-refractivity contribution in [3.05, 3.63) is 29.8 Å². The molecule has 0 aromatic carbocycles. The zero-order valence-corrected chi connectivity index (χ0v) is 12.3. The fourth-order valence-electron chi connectivity index (χ4n) is 3.00. The Morgan fingerprint density at radius 2 is 2.15 bits per heavy atom. The van der Waals surface area contributed by atoms with Crippen LogP contribution in [0.3, 0.4) is 0 Å². The molecule has 5 heteroatoms. The van der Waals surface area contributed by atoms with Crippen molar-refractivity contribution in [3.8, 4) is 0 Å². The van der Waals surface area contributed by atoms with Gasteiger partial charge >= 0.3 is 0 Å². The first-order valence-corrected chi connectivity index (χ1v) is 7.58. The largest absolute Gasteiger partial charge is 0.377 e. The van der Waals surface area contributed by atoms with Gasteiger partial charge in [-0.3, -0.25) is 9.36 Å². The summed E-state index contributed by atoms with van der Waals surface area (Å²) in [6.07, 6.45) is 9.19. The van der Waals surface area contributed by atoms with Crippen LogP contribution in [0.5, 0.6) is 0 Å². The Hall–Kier alpha value is -1.78. The van der Waals surface area contributed by atoms with E-state index in [2.05, 4.69) is 39.4 Å². The van der Waals surface area contributed by atoms with Gasteiger partial charge in [-0.25, -0.2) is 0 Å². The molecule has 1 N–H and O–H groups in total. The van der Waals surface area contributed by atoms with Gasteiger partial charge in [-0.15, -0.1) is 0 Å². The second-order valence-electron chi connectivity index (χ2n) is 5.54. The monoisotopic (exact) mass is 273 g/mol. The summed E-state index contributed by atoms with van der Waals surface area (Å²) in [6.45, 7) is 5.86. The van der Waals surface area contributed by atoms with Crippen LogP contribution in [0.15, 0.2) is 18.5 Å². The van der Waals surface area contributed by atoms with E-state index in [9.17, 15) is 0 Å². The summed E-state index contributed by atoms with van der Waals surface area (Å²) in [7, 11) is 0. The summed E-state index contributed by atoms with van der Waals surface area (Å²) in [5.74, 6) is 0. The van der Waals surface area contributed by atoms with Gasteiger partial charge in [0, 0.05) is 18.9 Å². The third kappa shape index (κ3) is 2.57. The summed E-state index contributed by atoms with van der Waals surface area (Å²) in [4.78, 5) is 0. The number of aryl methyl sites for hydroxylation is 2. The molecule has 0 spiro atoms. The van der Waals surface area contributed by atoms with Crippen molar-refractivity contribution in [2.45, 2.75) is 58.7 Å². The molecule has 0 saturated heterocycles. The fraction of sp³-hybridized carbons (Fsp3) is 0.600. The molecule has 1 saturated carbocycles. The molecule has 0 atom stereocenters.